The molecule has 0 bridgehead atoms. The van der Waals surface area contributed by atoms with Crippen LogP contribution in [0.4, 0.5) is 5.69 Å². The predicted octanol–water partition coefficient (Wildman–Crippen LogP) is 4.62. The van der Waals surface area contributed by atoms with E-state index in [1.165, 1.54) is 0 Å². The van der Waals surface area contributed by atoms with Crippen molar-refractivity contribution in [3.8, 4) is 0 Å². The maximum atomic E-state index is 12.0. The molecule has 3 nitrogen and oxygen atoms in total. The van der Waals surface area contributed by atoms with E-state index >= 15 is 0 Å². The van der Waals surface area contributed by atoms with Gasteiger partial charge in [-0.15, -0.1) is 0 Å². The summed E-state index contributed by atoms with van der Waals surface area (Å²) >= 11 is 10.0. The van der Waals surface area contributed by atoms with Crippen LogP contribution in [0.25, 0.3) is 0 Å². The zero-order valence-electron chi connectivity index (χ0n) is 8.95. The van der Waals surface area contributed by atoms with E-state index in [2.05, 4.69) is 58.1 Å². The maximum absolute atomic E-state index is 12.0. The van der Waals surface area contributed by atoms with Crippen LogP contribution in [0.3, 0.4) is 0 Å². The number of benzene rings is 1. The quantitative estimate of drug-likeness (QED) is 0.701. The topological polar surface area (TPSA) is 42.0 Å². The van der Waals surface area contributed by atoms with Crippen molar-refractivity contribution in [1.29, 1.82) is 0 Å². The molecular weight excluding hydrogens is 428 g/mol. The minimum Gasteiger partial charge on any atom is -0.319 e. The predicted molar refractivity (Wildman–Crippen MR) is 81.7 cm³/mol. The van der Waals surface area contributed by atoms with Crippen molar-refractivity contribution in [2.24, 2.45) is 0 Å². The van der Waals surface area contributed by atoms with E-state index < -0.39 is 0 Å². The van der Waals surface area contributed by atoms with Gasteiger partial charge in [0.2, 0.25) is 0 Å². The molecule has 0 atom stereocenters. The number of pyridine rings is 1. The monoisotopic (exact) mass is 432 g/mol. The summed E-state index contributed by atoms with van der Waals surface area (Å²) in [4.78, 5) is 16.1. The largest absolute Gasteiger partial charge is 0.319 e. The summed E-state index contributed by atoms with van der Waals surface area (Å²) in [5, 5.41) is 2.81. The van der Waals surface area contributed by atoms with Gasteiger partial charge in [0.05, 0.1) is 5.69 Å². The Hall–Kier alpha value is -0.720. The Morgan fingerprint density at radius 2 is 1.61 bits per heavy atom. The molecule has 18 heavy (non-hydrogen) atoms. The van der Waals surface area contributed by atoms with Gasteiger partial charge >= 0.3 is 0 Å². The number of amides is 1. The Bertz CT molecular complexity index is 581. The average Bonchev–Trinajstić information content (AvgIpc) is 2.34. The highest BCUT2D eigenvalue weighted by atomic mass is 79.9. The summed E-state index contributed by atoms with van der Waals surface area (Å²) in [5.41, 5.74) is 1.04. The molecular formula is C12H7Br3N2O. The lowest BCUT2D eigenvalue weighted by Gasteiger charge is -2.09. The first kappa shape index (κ1) is 13.7. The van der Waals surface area contributed by atoms with Gasteiger partial charge in [-0.2, -0.15) is 0 Å². The van der Waals surface area contributed by atoms with Crippen LogP contribution in [-0.4, -0.2) is 10.9 Å². The molecule has 0 aliphatic rings. The molecule has 0 unspecified atom stereocenters. The van der Waals surface area contributed by atoms with Crippen LogP contribution in [0, 0.1) is 0 Å². The zero-order valence-corrected chi connectivity index (χ0v) is 13.7. The van der Waals surface area contributed by atoms with Crippen LogP contribution in [0.5, 0.6) is 0 Å². The van der Waals surface area contributed by atoms with Crippen molar-refractivity contribution in [3.63, 3.8) is 0 Å². The van der Waals surface area contributed by atoms with Gasteiger partial charge in [0.1, 0.15) is 10.3 Å². The molecule has 1 aromatic heterocycles. The highest BCUT2D eigenvalue weighted by Gasteiger charge is 2.12. The molecule has 0 radical (unpaired) electrons. The van der Waals surface area contributed by atoms with Crippen LogP contribution in [0.15, 0.2) is 49.9 Å². The van der Waals surface area contributed by atoms with E-state index in [-0.39, 0.29) is 5.91 Å². The Morgan fingerprint density at radius 3 is 2.22 bits per heavy atom. The van der Waals surface area contributed by atoms with Gasteiger partial charge in [-0.25, -0.2) is 4.98 Å². The Morgan fingerprint density at radius 1 is 1.00 bits per heavy atom. The van der Waals surface area contributed by atoms with Crippen LogP contribution >= 0.6 is 47.8 Å². The molecule has 1 heterocycles. The first-order chi connectivity index (χ1) is 8.58. The molecule has 0 saturated carbocycles. The molecule has 1 aromatic carbocycles. The number of nitrogens with zero attached hydrogens (tertiary/aromatic N) is 1. The molecule has 2 rings (SSSR count). The summed E-state index contributed by atoms with van der Waals surface area (Å²) in [6.07, 6.45) is 0. The molecule has 0 fully saturated rings. The van der Waals surface area contributed by atoms with Gasteiger partial charge in [0, 0.05) is 8.95 Å². The van der Waals surface area contributed by atoms with Crippen molar-refractivity contribution < 1.29 is 4.79 Å². The third kappa shape index (κ3) is 3.18. The Labute approximate surface area is 129 Å². The van der Waals surface area contributed by atoms with Gasteiger partial charge < -0.3 is 5.32 Å². The fourth-order valence-electron chi connectivity index (χ4n) is 1.33. The number of carbonyl (C=O) groups excluding carboxylic acids is 1. The Balaban J connectivity index is 2.27. The number of hydrogen-bond acceptors (Lipinski definition) is 2. The van der Waals surface area contributed by atoms with Crippen molar-refractivity contribution in [1.82, 2.24) is 4.98 Å². The molecule has 0 saturated heterocycles. The number of nitrogens with one attached hydrogen (secondary N) is 1. The van der Waals surface area contributed by atoms with E-state index in [4.69, 9.17) is 0 Å². The van der Waals surface area contributed by atoms with E-state index in [1.54, 1.807) is 18.2 Å². The standard InChI is InChI=1S/C12H7Br3N2O/c13-7-3-1-4-8(14)11(7)17-12(18)9-5-2-6-10(15)16-9/h1-6H,(H,17,18). The number of carbonyl (C=O) groups is 1. The van der Waals surface area contributed by atoms with E-state index in [0.717, 1.165) is 8.95 Å². The van der Waals surface area contributed by atoms with Gasteiger partial charge in [0.15, 0.2) is 0 Å². The lowest BCUT2D eigenvalue weighted by atomic mass is 10.3. The second kappa shape index (κ2) is 5.95. The normalized spacial score (nSPS) is 10.2. The first-order valence-electron chi connectivity index (χ1n) is 4.96. The maximum Gasteiger partial charge on any atom is 0.274 e. The van der Waals surface area contributed by atoms with Gasteiger partial charge in [-0.3, -0.25) is 4.79 Å². The number of halogens is 3. The van der Waals surface area contributed by atoms with Crippen molar-refractivity contribution in [2.45, 2.75) is 0 Å². The fourth-order valence-corrected chi connectivity index (χ4v) is 2.87. The average molecular weight is 435 g/mol. The van der Waals surface area contributed by atoms with Crippen molar-refractivity contribution in [2.75, 3.05) is 5.32 Å². The molecule has 0 spiro atoms. The summed E-state index contributed by atoms with van der Waals surface area (Å²) < 4.78 is 2.24. The summed E-state index contributed by atoms with van der Waals surface area (Å²) in [5.74, 6) is -0.260. The minimum absolute atomic E-state index is 0.260. The zero-order chi connectivity index (χ0) is 13.1. The lowest BCUT2D eigenvalue weighted by molar-refractivity contribution is 0.102. The van der Waals surface area contributed by atoms with Crippen LogP contribution in [-0.2, 0) is 0 Å². The number of rotatable bonds is 2. The molecule has 92 valence electrons. The van der Waals surface area contributed by atoms with Gasteiger partial charge in [-0.1, -0.05) is 12.1 Å². The van der Waals surface area contributed by atoms with E-state index in [0.29, 0.717) is 16.0 Å². The molecule has 1 amide bonds. The minimum atomic E-state index is -0.260. The Kier molecular flexibility index (Phi) is 4.53. The molecule has 1 N–H and O–H groups in total. The van der Waals surface area contributed by atoms with Gasteiger partial charge in [0.25, 0.3) is 5.91 Å². The second-order valence-electron chi connectivity index (χ2n) is 3.40. The fraction of sp³-hybridized carbons (Fsp3) is 0. The summed E-state index contributed by atoms with van der Waals surface area (Å²) in [6, 6.07) is 10.8. The highest BCUT2D eigenvalue weighted by molar-refractivity contribution is 9.11. The third-order valence-corrected chi connectivity index (χ3v) is 3.91. The van der Waals surface area contributed by atoms with Crippen LogP contribution in [0.2, 0.25) is 0 Å². The smallest absolute Gasteiger partial charge is 0.274 e. The van der Waals surface area contributed by atoms with Crippen LogP contribution < -0.4 is 5.32 Å². The summed E-state index contributed by atoms with van der Waals surface area (Å²) in [7, 11) is 0. The van der Waals surface area contributed by atoms with Crippen molar-refractivity contribution >= 4 is 59.4 Å². The first-order valence-corrected chi connectivity index (χ1v) is 7.34. The summed E-state index contributed by atoms with van der Waals surface area (Å²) in [6.45, 7) is 0. The molecule has 0 aliphatic carbocycles. The molecule has 6 heteroatoms. The number of anilines is 1. The highest BCUT2D eigenvalue weighted by Crippen LogP contribution is 2.30. The van der Waals surface area contributed by atoms with Crippen LogP contribution in [0.1, 0.15) is 10.5 Å². The lowest BCUT2D eigenvalue weighted by Crippen LogP contribution is -2.14. The SMILES string of the molecule is O=C(Nc1c(Br)cccc1Br)c1cccc(Br)n1. The van der Waals surface area contributed by atoms with Crippen molar-refractivity contribution in [3.05, 3.63) is 55.6 Å². The van der Waals surface area contributed by atoms with E-state index in [9.17, 15) is 4.79 Å². The number of para-hydroxylation sites is 1. The molecule has 0 aliphatic heterocycles. The second-order valence-corrected chi connectivity index (χ2v) is 5.92. The number of aromatic nitrogens is 1. The number of hydrogen-bond donors (Lipinski definition) is 1. The molecule has 2 aromatic rings. The van der Waals surface area contributed by atoms with E-state index in [1.807, 2.05) is 18.2 Å². The third-order valence-electron chi connectivity index (χ3n) is 2.15. The van der Waals surface area contributed by atoms with Gasteiger partial charge in [-0.05, 0) is 72.1 Å².